The SMILES string of the molecule is CCCCOc1ccc(CCC(=O)Nc2ccc(Br)cc2Cl)cc1OCC. The molecule has 0 saturated carbocycles. The summed E-state index contributed by atoms with van der Waals surface area (Å²) in [6.45, 7) is 5.31. The summed E-state index contributed by atoms with van der Waals surface area (Å²) in [5.74, 6) is 1.39. The fraction of sp³-hybridized carbons (Fsp3) is 0.381. The molecule has 0 aliphatic rings. The Hall–Kier alpha value is -1.72. The highest BCUT2D eigenvalue weighted by atomic mass is 79.9. The van der Waals surface area contributed by atoms with Gasteiger partial charge in [-0.25, -0.2) is 0 Å². The van der Waals surface area contributed by atoms with Gasteiger partial charge in [0.05, 0.1) is 23.9 Å². The summed E-state index contributed by atoms with van der Waals surface area (Å²) in [4.78, 5) is 12.2. The molecular weight excluding hydrogens is 430 g/mol. The first-order valence-electron chi connectivity index (χ1n) is 9.17. The number of carbonyl (C=O) groups is 1. The van der Waals surface area contributed by atoms with Crippen LogP contribution in [-0.2, 0) is 11.2 Å². The fourth-order valence-corrected chi connectivity index (χ4v) is 3.20. The number of amides is 1. The maximum Gasteiger partial charge on any atom is 0.224 e. The van der Waals surface area contributed by atoms with E-state index in [0.717, 1.165) is 34.4 Å². The second kappa shape index (κ2) is 11.2. The average Bonchev–Trinajstić information content (AvgIpc) is 2.64. The molecule has 27 heavy (non-hydrogen) atoms. The minimum Gasteiger partial charge on any atom is -0.490 e. The number of halogens is 2. The van der Waals surface area contributed by atoms with E-state index in [1.54, 1.807) is 12.1 Å². The number of hydrogen-bond acceptors (Lipinski definition) is 3. The number of hydrogen-bond donors (Lipinski definition) is 1. The van der Waals surface area contributed by atoms with Gasteiger partial charge in [-0.15, -0.1) is 0 Å². The van der Waals surface area contributed by atoms with Crippen LogP contribution in [0.3, 0.4) is 0 Å². The predicted octanol–water partition coefficient (Wildman–Crippen LogP) is 6.25. The molecule has 1 N–H and O–H groups in total. The molecule has 146 valence electrons. The van der Waals surface area contributed by atoms with Crippen molar-refractivity contribution in [1.82, 2.24) is 0 Å². The summed E-state index contributed by atoms with van der Waals surface area (Å²) in [5, 5.41) is 3.35. The molecule has 0 unspecified atom stereocenters. The zero-order chi connectivity index (χ0) is 19.6. The number of benzene rings is 2. The molecule has 0 fully saturated rings. The van der Waals surface area contributed by atoms with Crippen LogP contribution in [0.5, 0.6) is 11.5 Å². The summed E-state index contributed by atoms with van der Waals surface area (Å²) in [6, 6.07) is 11.2. The number of unbranched alkanes of at least 4 members (excludes halogenated alkanes) is 1. The maximum absolute atomic E-state index is 12.2. The highest BCUT2D eigenvalue weighted by Gasteiger charge is 2.10. The number of aryl methyl sites for hydroxylation is 1. The van der Waals surface area contributed by atoms with Crippen LogP contribution in [0.1, 0.15) is 38.7 Å². The van der Waals surface area contributed by atoms with Gasteiger partial charge in [0.25, 0.3) is 0 Å². The summed E-state index contributed by atoms with van der Waals surface area (Å²) < 4.78 is 12.4. The molecule has 6 heteroatoms. The molecule has 0 saturated heterocycles. The van der Waals surface area contributed by atoms with Gasteiger partial charge in [0, 0.05) is 10.9 Å². The van der Waals surface area contributed by atoms with E-state index in [4.69, 9.17) is 21.1 Å². The third kappa shape index (κ3) is 7.07. The van der Waals surface area contributed by atoms with Crippen molar-refractivity contribution < 1.29 is 14.3 Å². The molecule has 4 nitrogen and oxygen atoms in total. The Morgan fingerprint density at radius 3 is 2.63 bits per heavy atom. The van der Waals surface area contributed by atoms with Gasteiger partial charge in [0.15, 0.2) is 11.5 Å². The molecule has 0 bridgehead atoms. The van der Waals surface area contributed by atoms with Gasteiger partial charge < -0.3 is 14.8 Å². The second-order valence-electron chi connectivity index (χ2n) is 6.09. The Kier molecular flexibility index (Phi) is 8.95. The first-order chi connectivity index (χ1) is 13.0. The zero-order valence-corrected chi connectivity index (χ0v) is 18.0. The molecule has 0 aliphatic carbocycles. The van der Waals surface area contributed by atoms with Crippen LogP contribution in [0.25, 0.3) is 0 Å². The third-order valence-electron chi connectivity index (χ3n) is 3.91. The number of ether oxygens (including phenoxy) is 2. The molecule has 0 radical (unpaired) electrons. The molecule has 2 rings (SSSR count). The predicted molar refractivity (Wildman–Crippen MR) is 114 cm³/mol. The van der Waals surface area contributed by atoms with Crippen LogP contribution in [0.4, 0.5) is 5.69 Å². The molecule has 1 amide bonds. The van der Waals surface area contributed by atoms with Gasteiger partial charge in [-0.2, -0.15) is 0 Å². The van der Waals surface area contributed by atoms with Crippen LogP contribution in [0, 0.1) is 0 Å². The zero-order valence-electron chi connectivity index (χ0n) is 15.7. The number of rotatable bonds is 10. The summed E-state index contributed by atoms with van der Waals surface area (Å²) in [5.41, 5.74) is 1.64. The van der Waals surface area contributed by atoms with Crippen LogP contribution in [-0.4, -0.2) is 19.1 Å². The monoisotopic (exact) mass is 453 g/mol. The van der Waals surface area contributed by atoms with E-state index >= 15 is 0 Å². The summed E-state index contributed by atoms with van der Waals surface area (Å²) in [7, 11) is 0. The van der Waals surface area contributed by atoms with Crippen LogP contribution < -0.4 is 14.8 Å². The highest BCUT2D eigenvalue weighted by molar-refractivity contribution is 9.10. The Morgan fingerprint density at radius 1 is 1.11 bits per heavy atom. The quantitative estimate of drug-likeness (QED) is 0.432. The maximum atomic E-state index is 12.2. The van der Waals surface area contributed by atoms with Crippen LogP contribution >= 0.6 is 27.5 Å². The first kappa shape index (κ1) is 21.6. The molecule has 0 aliphatic heterocycles. The first-order valence-corrected chi connectivity index (χ1v) is 10.3. The molecule has 0 atom stereocenters. The summed E-state index contributed by atoms with van der Waals surface area (Å²) >= 11 is 9.49. The van der Waals surface area contributed by atoms with Crippen LogP contribution in [0.2, 0.25) is 5.02 Å². The topological polar surface area (TPSA) is 47.6 Å². The Bertz CT molecular complexity index is 767. The Balaban J connectivity index is 1.95. The largest absolute Gasteiger partial charge is 0.490 e. The van der Waals surface area contributed by atoms with Gasteiger partial charge >= 0.3 is 0 Å². The lowest BCUT2D eigenvalue weighted by Crippen LogP contribution is -2.12. The number of nitrogens with one attached hydrogen (secondary N) is 1. The van der Waals surface area contributed by atoms with E-state index in [1.807, 2.05) is 31.2 Å². The molecule has 2 aromatic rings. The van der Waals surface area contributed by atoms with Crippen LogP contribution in [0.15, 0.2) is 40.9 Å². The van der Waals surface area contributed by atoms with Gasteiger partial charge in [-0.1, -0.05) is 46.9 Å². The van der Waals surface area contributed by atoms with E-state index in [-0.39, 0.29) is 5.91 Å². The smallest absolute Gasteiger partial charge is 0.224 e. The van der Waals surface area contributed by atoms with Crippen molar-refractivity contribution >= 4 is 39.1 Å². The van der Waals surface area contributed by atoms with Crippen molar-refractivity contribution in [1.29, 1.82) is 0 Å². The molecule has 0 heterocycles. The number of anilines is 1. The second-order valence-corrected chi connectivity index (χ2v) is 7.41. The van der Waals surface area contributed by atoms with E-state index in [1.165, 1.54) is 0 Å². The lowest BCUT2D eigenvalue weighted by Gasteiger charge is -2.13. The summed E-state index contributed by atoms with van der Waals surface area (Å²) in [6.07, 6.45) is 3.05. The van der Waals surface area contributed by atoms with Gasteiger partial charge in [0.1, 0.15) is 0 Å². The molecule has 0 spiro atoms. The van der Waals surface area contributed by atoms with Gasteiger partial charge in [0.2, 0.25) is 5.91 Å². The Labute approximate surface area is 174 Å². The van der Waals surface area contributed by atoms with Crippen molar-refractivity contribution in [2.75, 3.05) is 18.5 Å². The van der Waals surface area contributed by atoms with Crippen molar-refractivity contribution in [3.05, 3.63) is 51.5 Å². The van der Waals surface area contributed by atoms with E-state index in [0.29, 0.717) is 36.8 Å². The minimum atomic E-state index is -0.0829. The average molecular weight is 455 g/mol. The fourth-order valence-electron chi connectivity index (χ4n) is 2.48. The molecular formula is C21H25BrClNO3. The number of carbonyl (C=O) groups excluding carboxylic acids is 1. The minimum absolute atomic E-state index is 0.0829. The Morgan fingerprint density at radius 2 is 1.93 bits per heavy atom. The van der Waals surface area contributed by atoms with Gasteiger partial charge in [-0.3, -0.25) is 4.79 Å². The van der Waals surface area contributed by atoms with E-state index < -0.39 is 0 Å². The normalized spacial score (nSPS) is 10.5. The van der Waals surface area contributed by atoms with Gasteiger partial charge in [-0.05, 0) is 55.7 Å². The third-order valence-corrected chi connectivity index (χ3v) is 4.72. The standard InChI is InChI=1S/C21H25BrClNO3/c1-3-5-12-27-19-10-6-15(13-20(19)26-4-2)7-11-21(25)24-18-9-8-16(22)14-17(18)23/h6,8-10,13-14H,3-5,7,11-12H2,1-2H3,(H,24,25). The highest BCUT2D eigenvalue weighted by Crippen LogP contribution is 2.29. The van der Waals surface area contributed by atoms with E-state index in [9.17, 15) is 4.79 Å². The van der Waals surface area contributed by atoms with Crippen molar-refractivity contribution in [3.63, 3.8) is 0 Å². The lowest BCUT2D eigenvalue weighted by atomic mass is 10.1. The van der Waals surface area contributed by atoms with E-state index in [2.05, 4.69) is 28.2 Å². The molecule has 0 aromatic heterocycles. The molecule has 2 aromatic carbocycles. The lowest BCUT2D eigenvalue weighted by molar-refractivity contribution is -0.116. The van der Waals surface area contributed by atoms with Crippen molar-refractivity contribution in [2.45, 2.75) is 39.5 Å². The van der Waals surface area contributed by atoms with Crippen molar-refractivity contribution in [3.8, 4) is 11.5 Å². The van der Waals surface area contributed by atoms with Crippen molar-refractivity contribution in [2.24, 2.45) is 0 Å².